The lowest BCUT2D eigenvalue weighted by Gasteiger charge is -2.29. The van der Waals surface area contributed by atoms with E-state index in [4.69, 9.17) is 9.97 Å². The zero-order chi connectivity index (χ0) is 19.7. The molecule has 1 unspecified atom stereocenters. The van der Waals surface area contributed by atoms with Crippen LogP contribution in [0, 0.1) is 0 Å². The first-order valence-corrected chi connectivity index (χ1v) is 10.4. The second-order valence-corrected chi connectivity index (χ2v) is 8.43. The van der Waals surface area contributed by atoms with Crippen LogP contribution in [0.4, 0.5) is 5.82 Å². The summed E-state index contributed by atoms with van der Waals surface area (Å²) in [5.41, 5.74) is 2.29. The number of amides is 1. The van der Waals surface area contributed by atoms with Crippen molar-refractivity contribution < 1.29 is 4.79 Å². The normalized spacial score (nSPS) is 17.5. The van der Waals surface area contributed by atoms with Crippen LogP contribution in [0.25, 0.3) is 21.3 Å². The monoisotopic (exact) mass is 395 g/mol. The van der Waals surface area contributed by atoms with E-state index in [1.54, 1.807) is 16.2 Å². The zero-order valence-electron chi connectivity index (χ0n) is 16.5. The molecule has 3 aromatic rings. The van der Waals surface area contributed by atoms with Crippen LogP contribution in [0.1, 0.15) is 18.7 Å². The molecular weight excluding hydrogens is 370 g/mol. The van der Waals surface area contributed by atoms with Gasteiger partial charge in [0.15, 0.2) is 0 Å². The van der Waals surface area contributed by atoms with E-state index in [0.717, 1.165) is 46.0 Å². The fourth-order valence-corrected chi connectivity index (χ4v) is 4.50. The summed E-state index contributed by atoms with van der Waals surface area (Å²) >= 11 is 1.64. The summed E-state index contributed by atoms with van der Waals surface area (Å²) in [4.78, 5) is 26.6. The number of thiophene rings is 1. The third kappa shape index (κ3) is 3.86. The average Bonchev–Trinajstić information content (AvgIpc) is 3.09. The van der Waals surface area contributed by atoms with Crippen molar-refractivity contribution in [2.75, 3.05) is 33.0 Å². The van der Waals surface area contributed by atoms with Gasteiger partial charge < -0.3 is 15.1 Å². The molecule has 3 heterocycles. The number of fused-ring (bicyclic) bond motifs is 1. The van der Waals surface area contributed by atoms with Crippen molar-refractivity contribution in [3.8, 4) is 11.1 Å². The molecule has 4 rings (SSSR count). The minimum atomic E-state index is 0.0949. The van der Waals surface area contributed by atoms with Crippen molar-refractivity contribution in [1.29, 1.82) is 0 Å². The van der Waals surface area contributed by atoms with E-state index in [0.29, 0.717) is 13.0 Å². The highest BCUT2D eigenvalue weighted by Crippen LogP contribution is 2.37. The molecule has 1 aliphatic rings. The zero-order valence-corrected chi connectivity index (χ0v) is 17.3. The third-order valence-electron chi connectivity index (χ3n) is 5.02. The predicted molar refractivity (Wildman–Crippen MR) is 115 cm³/mol. The van der Waals surface area contributed by atoms with E-state index < -0.39 is 0 Å². The highest BCUT2D eigenvalue weighted by atomic mass is 32.1. The molecule has 1 fully saturated rings. The smallest absolute Gasteiger partial charge is 0.224 e. The molecule has 146 valence electrons. The number of hydrogen-bond acceptors (Lipinski definition) is 6. The molecule has 1 aliphatic heterocycles. The van der Waals surface area contributed by atoms with E-state index in [2.05, 4.69) is 27.7 Å². The first-order chi connectivity index (χ1) is 13.5. The molecule has 0 saturated carbocycles. The molecule has 2 aromatic heterocycles. The molecule has 6 nitrogen and oxygen atoms in total. The Morgan fingerprint density at radius 2 is 2.04 bits per heavy atom. The number of piperidine rings is 1. The van der Waals surface area contributed by atoms with Crippen molar-refractivity contribution in [1.82, 2.24) is 19.8 Å². The van der Waals surface area contributed by atoms with Gasteiger partial charge in [0, 0.05) is 37.0 Å². The molecule has 1 N–H and O–H groups in total. The Morgan fingerprint density at radius 3 is 2.75 bits per heavy atom. The van der Waals surface area contributed by atoms with Gasteiger partial charge in [-0.3, -0.25) is 4.79 Å². The Hall–Kier alpha value is -2.51. The third-order valence-corrected chi connectivity index (χ3v) is 5.90. The minimum Gasteiger partial charge on any atom is -0.366 e. The Labute approximate surface area is 169 Å². The lowest BCUT2D eigenvalue weighted by Crippen LogP contribution is -2.41. The van der Waals surface area contributed by atoms with Crippen molar-refractivity contribution in [2.24, 2.45) is 0 Å². The van der Waals surface area contributed by atoms with Crippen molar-refractivity contribution in [3.63, 3.8) is 0 Å². The van der Waals surface area contributed by atoms with Gasteiger partial charge in [0.2, 0.25) is 5.91 Å². The molecule has 1 aromatic carbocycles. The van der Waals surface area contributed by atoms with E-state index in [1.165, 1.54) is 0 Å². The number of carbonyl (C=O) groups excluding carboxylic acids is 1. The first-order valence-electron chi connectivity index (χ1n) is 9.50. The Balaban J connectivity index is 1.76. The Morgan fingerprint density at radius 1 is 1.25 bits per heavy atom. The predicted octanol–water partition coefficient (Wildman–Crippen LogP) is 3.45. The van der Waals surface area contributed by atoms with Gasteiger partial charge in [-0.25, -0.2) is 9.97 Å². The highest BCUT2D eigenvalue weighted by Gasteiger charge is 2.25. The van der Waals surface area contributed by atoms with Gasteiger partial charge in [0.25, 0.3) is 0 Å². The van der Waals surface area contributed by atoms with Crippen LogP contribution in [-0.4, -0.2) is 59.4 Å². The lowest BCUT2D eigenvalue weighted by molar-refractivity contribution is -0.132. The summed E-state index contributed by atoms with van der Waals surface area (Å²) in [7, 11) is 5.89. The maximum atomic E-state index is 12.2. The SMILES string of the molecule is CN(C)Cc1nc(NC2CCN(C)C(=O)C2)c2c(-c3ccccc3)csc2n1. The van der Waals surface area contributed by atoms with Crippen LogP contribution in [-0.2, 0) is 11.3 Å². The number of anilines is 1. The van der Waals surface area contributed by atoms with Crippen LogP contribution in [0.2, 0.25) is 0 Å². The second kappa shape index (κ2) is 7.85. The van der Waals surface area contributed by atoms with E-state index >= 15 is 0 Å². The number of nitrogens with zero attached hydrogens (tertiary/aromatic N) is 4. The van der Waals surface area contributed by atoms with Crippen molar-refractivity contribution in [3.05, 3.63) is 41.5 Å². The quantitative estimate of drug-likeness (QED) is 0.717. The summed E-state index contributed by atoms with van der Waals surface area (Å²) in [5, 5.41) is 6.77. The standard InChI is InChI=1S/C21H25N5OS/c1-25(2)12-17-23-20(22-15-9-10-26(3)18(27)11-15)19-16(13-28-21(19)24-17)14-7-5-4-6-8-14/h4-8,13,15H,9-12H2,1-3H3,(H,22,23,24). The molecule has 28 heavy (non-hydrogen) atoms. The lowest BCUT2D eigenvalue weighted by atomic mass is 10.0. The summed E-state index contributed by atoms with van der Waals surface area (Å²) < 4.78 is 0. The Kier molecular flexibility index (Phi) is 5.28. The van der Waals surface area contributed by atoms with Gasteiger partial charge in [-0.05, 0) is 26.1 Å². The maximum Gasteiger partial charge on any atom is 0.224 e. The first kappa shape index (κ1) is 18.8. The van der Waals surface area contributed by atoms with Crippen LogP contribution in [0.3, 0.4) is 0 Å². The van der Waals surface area contributed by atoms with Crippen molar-refractivity contribution in [2.45, 2.75) is 25.4 Å². The Bertz CT molecular complexity index is 985. The summed E-state index contributed by atoms with van der Waals surface area (Å²) in [5.74, 6) is 1.81. The van der Waals surface area contributed by atoms with Gasteiger partial charge in [0.1, 0.15) is 16.5 Å². The summed E-state index contributed by atoms with van der Waals surface area (Å²) in [6.45, 7) is 1.44. The number of carbonyl (C=O) groups is 1. The van der Waals surface area contributed by atoms with Gasteiger partial charge in [-0.15, -0.1) is 11.3 Å². The molecule has 0 bridgehead atoms. The number of benzene rings is 1. The maximum absolute atomic E-state index is 12.2. The molecule has 0 radical (unpaired) electrons. The van der Waals surface area contributed by atoms with E-state index in [1.807, 2.05) is 39.3 Å². The van der Waals surface area contributed by atoms with Crippen LogP contribution in [0.15, 0.2) is 35.7 Å². The molecule has 1 atom stereocenters. The largest absolute Gasteiger partial charge is 0.366 e. The average molecular weight is 396 g/mol. The fourth-order valence-electron chi connectivity index (χ4n) is 3.53. The molecule has 0 spiro atoms. The van der Waals surface area contributed by atoms with Crippen LogP contribution >= 0.6 is 11.3 Å². The highest BCUT2D eigenvalue weighted by molar-refractivity contribution is 7.17. The van der Waals surface area contributed by atoms with E-state index in [9.17, 15) is 4.79 Å². The number of likely N-dealkylation sites (tertiary alicyclic amines) is 1. The van der Waals surface area contributed by atoms with Crippen molar-refractivity contribution >= 4 is 33.3 Å². The molecular formula is C21H25N5OS. The molecule has 0 aliphatic carbocycles. The van der Waals surface area contributed by atoms with Gasteiger partial charge in [-0.2, -0.15) is 0 Å². The molecule has 1 saturated heterocycles. The summed E-state index contributed by atoms with van der Waals surface area (Å²) in [6, 6.07) is 10.4. The number of aromatic nitrogens is 2. The number of rotatable bonds is 5. The van der Waals surface area contributed by atoms with Gasteiger partial charge in [-0.1, -0.05) is 30.3 Å². The number of nitrogens with one attached hydrogen (secondary N) is 1. The van der Waals surface area contributed by atoms with Crippen LogP contribution < -0.4 is 5.32 Å². The second-order valence-electron chi connectivity index (χ2n) is 7.57. The molecule has 1 amide bonds. The van der Waals surface area contributed by atoms with E-state index in [-0.39, 0.29) is 11.9 Å². The minimum absolute atomic E-state index is 0.0949. The molecule has 7 heteroatoms. The van der Waals surface area contributed by atoms with Crippen LogP contribution in [0.5, 0.6) is 0 Å². The van der Waals surface area contributed by atoms with Gasteiger partial charge >= 0.3 is 0 Å². The summed E-state index contributed by atoms with van der Waals surface area (Å²) in [6.07, 6.45) is 1.41. The van der Waals surface area contributed by atoms with Gasteiger partial charge in [0.05, 0.1) is 11.9 Å². The fraction of sp³-hybridized carbons (Fsp3) is 0.381. The number of hydrogen-bond donors (Lipinski definition) is 1. The topological polar surface area (TPSA) is 61.4 Å².